The molecule has 41 heavy (non-hydrogen) atoms. The molecule has 0 radical (unpaired) electrons. The van der Waals surface area contributed by atoms with Gasteiger partial charge in [-0.3, -0.25) is 0 Å². The van der Waals surface area contributed by atoms with Gasteiger partial charge < -0.3 is 4.74 Å². The third-order valence-electron chi connectivity index (χ3n) is 8.62. The average molecular weight is 543 g/mol. The Bertz CT molecular complexity index is 2160. The molecular formula is C39H30OSi. The average Bonchev–Trinajstić information content (AvgIpc) is 2.99. The first-order chi connectivity index (χ1) is 20.0. The Morgan fingerprint density at radius 1 is 0.439 bits per heavy atom. The van der Waals surface area contributed by atoms with Crippen LogP contribution < -0.4 is 9.92 Å². The van der Waals surface area contributed by atoms with Crippen molar-refractivity contribution in [3.05, 3.63) is 127 Å². The van der Waals surface area contributed by atoms with Crippen LogP contribution in [0.1, 0.15) is 0 Å². The normalized spacial score (nSPS) is 12.5. The molecule has 0 fully saturated rings. The largest absolute Gasteiger partial charge is 0.456 e. The quantitative estimate of drug-likeness (QED) is 0.202. The summed E-state index contributed by atoms with van der Waals surface area (Å²) in [6, 6.07) is 46.5. The van der Waals surface area contributed by atoms with Gasteiger partial charge in [-0.1, -0.05) is 134 Å². The highest BCUT2D eigenvalue weighted by molar-refractivity contribution is 6.90. The summed E-state index contributed by atoms with van der Waals surface area (Å²) in [4.78, 5) is 0. The van der Waals surface area contributed by atoms with Gasteiger partial charge in [-0.25, -0.2) is 0 Å². The van der Waals surface area contributed by atoms with Crippen LogP contribution in [0.15, 0.2) is 127 Å². The second kappa shape index (κ2) is 8.92. The molecule has 0 amide bonds. The van der Waals surface area contributed by atoms with Crippen LogP contribution in [0.2, 0.25) is 19.6 Å². The molecule has 1 aliphatic heterocycles. The lowest BCUT2D eigenvalue weighted by atomic mass is 9.89. The van der Waals surface area contributed by atoms with Gasteiger partial charge in [-0.2, -0.15) is 0 Å². The lowest BCUT2D eigenvalue weighted by Crippen LogP contribution is -2.38. The van der Waals surface area contributed by atoms with Gasteiger partial charge >= 0.3 is 0 Å². The van der Waals surface area contributed by atoms with Crippen molar-refractivity contribution in [2.75, 3.05) is 0 Å². The first-order valence-electron chi connectivity index (χ1n) is 14.4. The van der Waals surface area contributed by atoms with E-state index in [4.69, 9.17) is 4.74 Å². The number of ether oxygens (including phenoxy) is 1. The molecule has 0 aliphatic carbocycles. The summed E-state index contributed by atoms with van der Waals surface area (Å²) in [5, 5.41) is 9.11. The molecule has 1 aliphatic rings. The molecule has 0 aromatic heterocycles. The minimum atomic E-state index is -1.50. The molecule has 0 saturated heterocycles. The first-order valence-corrected chi connectivity index (χ1v) is 17.9. The van der Waals surface area contributed by atoms with Crippen LogP contribution in [0, 0.1) is 0 Å². The Kier molecular flexibility index (Phi) is 5.26. The smallest absolute Gasteiger partial charge is 0.135 e. The lowest BCUT2D eigenvalue weighted by molar-refractivity contribution is 0.487. The Labute approximate surface area is 241 Å². The van der Waals surface area contributed by atoms with E-state index in [0.717, 1.165) is 17.1 Å². The predicted molar refractivity (Wildman–Crippen MR) is 178 cm³/mol. The van der Waals surface area contributed by atoms with Gasteiger partial charge in [0.1, 0.15) is 11.5 Å². The van der Waals surface area contributed by atoms with Crippen molar-refractivity contribution in [1.29, 1.82) is 0 Å². The molecule has 0 saturated carbocycles. The molecule has 0 atom stereocenters. The Morgan fingerprint density at radius 2 is 1.05 bits per heavy atom. The summed E-state index contributed by atoms with van der Waals surface area (Å²) in [7, 11) is -1.50. The zero-order chi connectivity index (χ0) is 27.7. The maximum atomic E-state index is 6.65. The van der Waals surface area contributed by atoms with E-state index in [1.807, 2.05) is 0 Å². The number of hydrogen-bond donors (Lipinski definition) is 0. The Morgan fingerprint density at radius 3 is 1.88 bits per heavy atom. The summed E-state index contributed by atoms with van der Waals surface area (Å²) in [5.41, 5.74) is 7.34. The molecular weight excluding hydrogens is 513 g/mol. The van der Waals surface area contributed by atoms with Gasteiger partial charge in [0.15, 0.2) is 0 Å². The number of hydrogen-bond acceptors (Lipinski definition) is 1. The van der Waals surface area contributed by atoms with Crippen LogP contribution in [0.25, 0.3) is 65.7 Å². The maximum Gasteiger partial charge on any atom is 0.135 e. The highest BCUT2D eigenvalue weighted by Crippen LogP contribution is 2.48. The van der Waals surface area contributed by atoms with E-state index in [-0.39, 0.29) is 0 Å². The summed E-state index contributed by atoms with van der Waals surface area (Å²) in [5.74, 6) is 1.88. The van der Waals surface area contributed by atoms with Gasteiger partial charge in [0, 0.05) is 10.9 Å². The molecule has 7 aromatic rings. The monoisotopic (exact) mass is 542 g/mol. The van der Waals surface area contributed by atoms with E-state index in [1.54, 1.807) is 0 Å². The summed E-state index contributed by atoms with van der Waals surface area (Å²) in [6.45, 7) is 7.24. The third-order valence-corrected chi connectivity index (χ3v) is 10.7. The topological polar surface area (TPSA) is 9.23 Å². The number of benzene rings is 7. The van der Waals surface area contributed by atoms with Gasteiger partial charge in [-0.15, -0.1) is 0 Å². The summed E-state index contributed by atoms with van der Waals surface area (Å²) >= 11 is 0. The molecule has 2 heteroatoms. The van der Waals surface area contributed by atoms with E-state index >= 15 is 0 Å². The minimum Gasteiger partial charge on any atom is -0.456 e. The highest BCUT2D eigenvalue weighted by atomic mass is 28.3. The van der Waals surface area contributed by atoms with Crippen LogP contribution in [0.5, 0.6) is 11.5 Å². The number of rotatable bonds is 3. The van der Waals surface area contributed by atoms with Crippen molar-refractivity contribution < 1.29 is 4.74 Å². The van der Waals surface area contributed by atoms with Crippen LogP contribution in [-0.4, -0.2) is 8.07 Å². The van der Waals surface area contributed by atoms with Crippen LogP contribution in [-0.2, 0) is 0 Å². The molecule has 1 nitrogen and oxygen atoms in total. The fourth-order valence-corrected chi connectivity index (χ4v) is 8.30. The molecule has 196 valence electrons. The van der Waals surface area contributed by atoms with Gasteiger partial charge in [0.2, 0.25) is 0 Å². The zero-order valence-electron chi connectivity index (χ0n) is 23.5. The summed E-state index contributed by atoms with van der Waals surface area (Å²) in [6.07, 6.45) is 0. The second-order valence-corrected chi connectivity index (χ2v) is 17.2. The van der Waals surface area contributed by atoms with E-state index in [9.17, 15) is 0 Å². The predicted octanol–water partition coefficient (Wildman–Crippen LogP) is 10.8. The second-order valence-electron chi connectivity index (χ2n) is 12.1. The molecule has 8 rings (SSSR count). The fourth-order valence-electron chi connectivity index (χ4n) is 6.70. The van der Waals surface area contributed by atoms with E-state index < -0.39 is 8.07 Å². The van der Waals surface area contributed by atoms with Gasteiger partial charge in [-0.05, 0) is 72.9 Å². The lowest BCUT2D eigenvalue weighted by Gasteiger charge is -2.26. The van der Waals surface area contributed by atoms with Crippen molar-refractivity contribution in [3.8, 4) is 44.9 Å². The highest BCUT2D eigenvalue weighted by Gasteiger charge is 2.26. The van der Waals surface area contributed by atoms with Gasteiger partial charge in [0.25, 0.3) is 0 Å². The Hall–Kier alpha value is -4.66. The summed E-state index contributed by atoms with van der Waals surface area (Å²) < 4.78 is 6.65. The van der Waals surface area contributed by atoms with Crippen molar-refractivity contribution in [2.45, 2.75) is 19.6 Å². The van der Waals surface area contributed by atoms with Gasteiger partial charge in [0.05, 0.1) is 8.07 Å². The minimum absolute atomic E-state index is 0.922. The number of fused-ring (bicyclic) bond motifs is 4. The maximum absolute atomic E-state index is 6.65. The molecule has 0 bridgehead atoms. The molecule has 1 heterocycles. The van der Waals surface area contributed by atoms with E-state index in [2.05, 4.69) is 147 Å². The van der Waals surface area contributed by atoms with Crippen molar-refractivity contribution in [1.82, 2.24) is 0 Å². The standard InChI is InChI=1S/C39H30OSi/c1-41(2,3)38-23-22-34-33-19-18-26(24-37(33)40-36-17-9-16-35(38)39(34)36)28-20-21-32(31-14-7-6-13-29(28)31)30-15-8-11-25-10-4-5-12-27(25)30/h4-24H,1-3H3. The SMILES string of the molecule is C[Si](C)(C)c1ccc2c3c(cccc13)Oc1cc(-c3ccc(-c4cccc5ccccc45)c4ccccc34)ccc1-2. The van der Waals surface area contributed by atoms with Crippen molar-refractivity contribution >= 4 is 45.6 Å². The fraction of sp³-hybridized carbons (Fsp3) is 0.0769. The van der Waals surface area contributed by atoms with Crippen molar-refractivity contribution in [2.24, 2.45) is 0 Å². The van der Waals surface area contributed by atoms with Crippen LogP contribution in [0.4, 0.5) is 0 Å². The molecule has 0 spiro atoms. The van der Waals surface area contributed by atoms with Crippen LogP contribution >= 0.6 is 0 Å². The first kappa shape index (κ1) is 24.2. The third kappa shape index (κ3) is 3.75. The Balaban J connectivity index is 1.29. The van der Waals surface area contributed by atoms with Crippen LogP contribution in [0.3, 0.4) is 0 Å². The van der Waals surface area contributed by atoms with E-state index in [0.29, 0.717) is 0 Å². The molecule has 0 N–H and O–H groups in total. The van der Waals surface area contributed by atoms with E-state index in [1.165, 1.54) is 65.3 Å². The molecule has 0 unspecified atom stereocenters. The molecule has 7 aromatic carbocycles. The zero-order valence-corrected chi connectivity index (χ0v) is 24.5. The van der Waals surface area contributed by atoms with Crippen molar-refractivity contribution in [3.63, 3.8) is 0 Å².